The molecule has 0 radical (unpaired) electrons. The average molecular weight is 421 g/mol. The molecule has 1 aliphatic rings. The maximum atomic E-state index is 13.4. The number of aryl methyl sites for hydroxylation is 2. The number of carbonyl (C=O) groups excluding carboxylic acids is 1. The van der Waals surface area contributed by atoms with Gasteiger partial charge in [0, 0.05) is 0 Å². The molecule has 1 N–H and O–H groups in total. The van der Waals surface area contributed by atoms with E-state index in [4.69, 9.17) is 13.9 Å². The summed E-state index contributed by atoms with van der Waals surface area (Å²) in [6, 6.07) is 8.62. The number of hydrogen-bond donors (Lipinski definition) is 1. The number of fused-ring (bicyclic) bond motifs is 2. The number of benzene rings is 2. The fraction of sp³-hybridized carbons (Fsp3) is 0.360. The first kappa shape index (κ1) is 21.0. The highest BCUT2D eigenvalue weighted by atomic mass is 16.5. The van der Waals surface area contributed by atoms with Gasteiger partial charge in [-0.3, -0.25) is 9.59 Å². The van der Waals surface area contributed by atoms with Crippen molar-refractivity contribution in [2.45, 2.75) is 46.1 Å². The van der Waals surface area contributed by atoms with Crippen molar-refractivity contribution in [1.82, 2.24) is 5.32 Å². The van der Waals surface area contributed by atoms with E-state index in [0.717, 1.165) is 36.0 Å². The molecule has 1 aromatic heterocycles. The van der Waals surface area contributed by atoms with Gasteiger partial charge in [0.15, 0.2) is 16.9 Å². The van der Waals surface area contributed by atoms with E-state index in [1.807, 2.05) is 38.1 Å². The Bertz CT molecular complexity index is 1210. The molecule has 0 saturated carbocycles. The van der Waals surface area contributed by atoms with E-state index in [1.165, 1.54) is 0 Å². The molecule has 4 rings (SSSR count). The molecule has 2 aromatic carbocycles. The minimum Gasteiger partial charge on any atom is -0.493 e. The van der Waals surface area contributed by atoms with Crippen LogP contribution in [0, 0.1) is 13.8 Å². The largest absolute Gasteiger partial charge is 0.493 e. The van der Waals surface area contributed by atoms with E-state index >= 15 is 0 Å². The number of rotatable bonds is 7. The fourth-order valence-corrected chi connectivity index (χ4v) is 4.13. The molecule has 0 aliphatic carbocycles. The Morgan fingerprint density at radius 3 is 2.61 bits per heavy atom. The average Bonchev–Trinajstić information content (AvgIpc) is 3.09. The number of carbonyl (C=O) groups is 1. The van der Waals surface area contributed by atoms with Gasteiger partial charge in [-0.2, -0.15) is 0 Å². The first-order chi connectivity index (χ1) is 14.9. The Morgan fingerprint density at radius 1 is 1.06 bits per heavy atom. The van der Waals surface area contributed by atoms with Crippen LogP contribution in [0.2, 0.25) is 0 Å². The summed E-state index contributed by atoms with van der Waals surface area (Å²) >= 11 is 0. The Morgan fingerprint density at radius 2 is 1.87 bits per heavy atom. The first-order valence-corrected chi connectivity index (χ1v) is 10.6. The highest BCUT2D eigenvalue weighted by Crippen LogP contribution is 2.36. The standard InChI is InChI=1S/C25H27NO5/c1-5-6-7-10-30-18-9-8-16(13-19(18)29-4)21-20-22(27)17-12-14(2)11-15(3)23(17)31-24(20)25(28)26-21/h8-9,11-13,21H,5-7,10H2,1-4H3,(H,26,28). The van der Waals surface area contributed by atoms with Crippen LogP contribution in [-0.4, -0.2) is 19.6 Å². The third kappa shape index (κ3) is 3.78. The summed E-state index contributed by atoms with van der Waals surface area (Å²) in [5, 5.41) is 3.37. The quantitative estimate of drug-likeness (QED) is 0.554. The van der Waals surface area contributed by atoms with Gasteiger partial charge in [0.25, 0.3) is 5.91 Å². The van der Waals surface area contributed by atoms with Crippen molar-refractivity contribution in [3.63, 3.8) is 0 Å². The molecule has 1 atom stereocenters. The highest BCUT2D eigenvalue weighted by molar-refractivity contribution is 5.99. The predicted octanol–water partition coefficient (Wildman–Crippen LogP) is 4.82. The summed E-state index contributed by atoms with van der Waals surface area (Å²) in [4.78, 5) is 26.0. The van der Waals surface area contributed by atoms with Gasteiger partial charge in [0.05, 0.1) is 30.7 Å². The van der Waals surface area contributed by atoms with Gasteiger partial charge in [-0.1, -0.05) is 31.9 Å². The monoisotopic (exact) mass is 421 g/mol. The van der Waals surface area contributed by atoms with Crippen LogP contribution in [0.15, 0.2) is 39.5 Å². The number of ether oxygens (including phenoxy) is 2. The topological polar surface area (TPSA) is 77.8 Å². The van der Waals surface area contributed by atoms with Crippen molar-refractivity contribution in [2.75, 3.05) is 13.7 Å². The SMILES string of the molecule is CCCCCOc1ccc(C2NC(=O)c3oc4c(C)cc(C)cc4c(=O)c32)cc1OC. The van der Waals surface area contributed by atoms with Gasteiger partial charge in [-0.25, -0.2) is 0 Å². The van der Waals surface area contributed by atoms with Crippen molar-refractivity contribution in [1.29, 1.82) is 0 Å². The summed E-state index contributed by atoms with van der Waals surface area (Å²) in [7, 11) is 1.58. The molecule has 162 valence electrons. The van der Waals surface area contributed by atoms with Crippen molar-refractivity contribution < 1.29 is 18.7 Å². The van der Waals surface area contributed by atoms with Crippen LogP contribution < -0.4 is 20.2 Å². The molecule has 2 heterocycles. The molecular weight excluding hydrogens is 394 g/mol. The third-order valence-corrected chi connectivity index (χ3v) is 5.65. The normalized spacial score (nSPS) is 15.1. The number of unbranched alkanes of at least 4 members (excludes halogenated alkanes) is 2. The number of nitrogens with one attached hydrogen (secondary N) is 1. The zero-order chi connectivity index (χ0) is 22.1. The van der Waals surface area contributed by atoms with Gasteiger partial charge in [-0.15, -0.1) is 0 Å². The van der Waals surface area contributed by atoms with Gasteiger partial charge < -0.3 is 19.2 Å². The van der Waals surface area contributed by atoms with Crippen LogP contribution in [-0.2, 0) is 0 Å². The Labute approximate surface area is 181 Å². The van der Waals surface area contributed by atoms with Crippen LogP contribution in [0.25, 0.3) is 11.0 Å². The van der Waals surface area contributed by atoms with Crippen LogP contribution in [0.5, 0.6) is 11.5 Å². The van der Waals surface area contributed by atoms with E-state index in [0.29, 0.717) is 34.6 Å². The van der Waals surface area contributed by atoms with Gasteiger partial charge >= 0.3 is 0 Å². The zero-order valence-corrected chi connectivity index (χ0v) is 18.3. The summed E-state index contributed by atoms with van der Waals surface area (Å²) in [5.74, 6) is 0.892. The molecule has 0 fully saturated rings. The smallest absolute Gasteiger partial charge is 0.288 e. The molecule has 1 aliphatic heterocycles. The number of amides is 1. The first-order valence-electron chi connectivity index (χ1n) is 10.6. The minimum absolute atomic E-state index is 0.0771. The summed E-state index contributed by atoms with van der Waals surface area (Å²) in [5.41, 5.74) is 3.14. The van der Waals surface area contributed by atoms with Crippen LogP contribution in [0.3, 0.4) is 0 Å². The summed E-state index contributed by atoms with van der Waals surface area (Å²) < 4.78 is 17.3. The van der Waals surface area contributed by atoms with Crippen LogP contribution >= 0.6 is 0 Å². The molecule has 6 nitrogen and oxygen atoms in total. The van der Waals surface area contributed by atoms with Gasteiger partial charge in [0.1, 0.15) is 5.58 Å². The van der Waals surface area contributed by atoms with Crippen LogP contribution in [0.4, 0.5) is 0 Å². The number of hydrogen-bond acceptors (Lipinski definition) is 5. The van der Waals surface area contributed by atoms with Crippen LogP contribution in [0.1, 0.15) is 65.0 Å². The third-order valence-electron chi connectivity index (χ3n) is 5.65. The maximum absolute atomic E-state index is 13.4. The molecule has 6 heteroatoms. The molecule has 0 saturated heterocycles. The lowest BCUT2D eigenvalue weighted by Crippen LogP contribution is -2.22. The van der Waals surface area contributed by atoms with Gasteiger partial charge in [0.2, 0.25) is 5.76 Å². The Hall–Kier alpha value is -3.28. The molecule has 0 bridgehead atoms. The molecule has 1 unspecified atom stereocenters. The van der Waals surface area contributed by atoms with Crippen molar-refractivity contribution in [2.24, 2.45) is 0 Å². The number of methoxy groups -OCH3 is 1. The van der Waals surface area contributed by atoms with E-state index in [1.54, 1.807) is 13.2 Å². The molecular formula is C25H27NO5. The molecule has 1 amide bonds. The minimum atomic E-state index is -0.605. The molecule has 31 heavy (non-hydrogen) atoms. The lowest BCUT2D eigenvalue weighted by Gasteiger charge is -2.16. The lowest BCUT2D eigenvalue weighted by atomic mass is 9.97. The molecule has 0 spiro atoms. The highest BCUT2D eigenvalue weighted by Gasteiger charge is 2.36. The van der Waals surface area contributed by atoms with Crippen molar-refractivity contribution in [3.05, 3.63) is 68.6 Å². The van der Waals surface area contributed by atoms with Gasteiger partial charge in [-0.05, 0) is 55.2 Å². The fourth-order valence-electron chi connectivity index (χ4n) is 4.13. The molecule has 3 aromatic rings. The summed E-state index contributed by atoms with van der Waals surface area (Å²) in [6.07, 6.45) is 3.20. The van der Waals surface area contributed by atoms with Crippen molar-refractivity contribution in [3.8, 4) is 11.5 Å². The van der Waals surface area contributed by atoms with E-state index in [-0.39, 0.29) is 11.2 Å². The predicted molar refractivity (Wildman–Crippen MR) is 119 cm³/mol. The van der Waals surface area contributed by atoms with E-state index in [2.05, 4.69) is 12.2 Å². The maximum Gasteiger partial charge on any atom is 0.288 e. The lowest BCUT2D eigenvalue weighted by molar-refractivity contribution is 0.0938. The van der Waals surface area contributed by atoms with E-state index < -0.39 is 11.9 Å². The second-order valence-electron chi connectivity index (χ2n) is 8.00. The summed E-state index contributed by atoms with van der Waals surface area (Å²) in [6.45, 7) is 6.57. The van der Waals surface area contributed by atoms with Crippen molar-refractivity contribution >= 4 is 16.9 Å². The van der Waals surface area contributed by atoms with E-state index in [9.17, 15) is 9.59 Å². The Balaban J connectivity index is 1.75. The second-order valence-corrected chi connectivity index (χ2v) is 8.00. The second kappa shape index (κ2) is 8.46. The zero-order valence-electron chi connectivity index (χ0n) is 18.3. The Kier molecular flexibility index (Phi) is 5.72.